The number of carboxylic acid groups (broad SMARTS) is 1. The van der Waals surface area contributed by atoms with Gasteiger partial charge in [0.1, 0.15) is 6.61 Å². The lowest BCUT2D eigenvalue weighted by atomic mass is 10.2. The van der Waals surface area contributed by atoms with Crippen molar-refractivity contribution in [3.8, 4) is 0 Å². The van der Waals surface area contributed by atoms with Crippen molar-refractivity contribution in [1.82, 2.24) is 0 Å². The van der Waals surface area contributed by atoms with E-state index in [1.807, 2.05) is 0 Å². The van der Waals surface area contributed by atoms with E-state index in [0.717, 1.165) is 6.08 Å². The van der Waals surface area contributed by atoms with E-state index in [2.05, 4.69) is 4.74 Å². The van der Waals surface area contributed by atoms with Gasteiger partial charge in [-0.2, -0.15) is 0 Å². The predicted molar refractivity (Wildman–Crippen MR) is 53.7 cm³/mol. The van der Waals surface area contributed by atoms with Crippen LogP contribution in [0.3, 0.4) is 0 Å². The summed E-state index contributed by atoms with van der Waals surface area (Å²) in [6, 6.07) is 0. The second kappa shape index (κ2) is 7.58. The van der Waals surface area contributed by atoms with Crippen LogP contribution in [-0.4, -0.2) is 40.6 Å². The maximum atomic E-state index is 11.0. The largest absolute Gasteiger partial charge is 0.481 e. The zero-order valence-electron chi connectivity index (χ0n) is 8.88. The summed E-state index contributed by atoms with van der Waals surface area (Å²) in [5, 5.41) is 17.5. The van der Waals surface area contributed by atoms with Gasteiger partial charge in [-0.25, -0.2) is 0 Å². The van der Waals surface area contributed by atoms with Crippen molar-refractivity contribution in [2.75, 3.05) is 6.61 Å². The molecule has 0 amide bonds. The fraction of sp³-hybridized carbons (Fsp3) is 0.500. The Morgan fingerprint density at radius 2 is 1.94 bits per heavy atom. The van der Waals surface area contributed by atoms with Crippen LogP contribution in [-0.2, 0) is 19.1 Å². The highest BCUT2D eigenvalue weighted by molar-refractivity contribution is 5.93. The number of ether oxygens (including phenoxy) is 1. The molecule has 0 spiro atoms. The van der Waals surface area contributed by atoms with Crippen LogP contribution in [0.1, 0.15) is 19.8 Å². The average molecular weight is 230 g/mol. The SMILES string of the molecule is CC=CC(=O)C(O)COC(=O)CCC(=O)O. The lowest BCUT2D eigenvalue weighted by molar-refractivity contribution is -0.151. The molecule has 6 heteroatoms. The van der Waals surface area contributed by atoms with Crippen molar-refractivity contribution >= 4 is 17.7 Å². The van der Waals surface area contributed by atoms with Crippen molar-refractivity contribution in [2.45, 2.75) is 25.9 Å². The zero-order valence-corrected chi connectivity index (χ0v) is 8.88. The number of rotatable bonds is 7. The molecule has 16 heavy (non-hydrogen) atoms. The predicted octanol–water partition coefficient (Wildman–Crippen LogP) is -0.0995. The zero-order chi connectivity index (χ0) is 12.6. The minimum atomic E-state index is -1.40. The highest BCUT2D eigenvalue weighted by Crippen LogP contribution is 1.96. The molecule has 0 aromatic carbocycles. The third-order valence-corrected chi connectivity index (χ3v) is 1.60. The molecule has 0 saturated heterocycles. The van der Waals surface area contributed by atoms with Gasteiger partial charge in [0, 0.05) is 0 Å². The molecule has 0 radical (unpaired) electrons. The van der Waals surface area contributed by atoms with Gasteiger partial charge < -0.3 is 14.9 Å². The van der Waals surface area contributed by atoms with Gasteiger partial charge in [0.05, 0.1) is 12.8 Å². The second-order valence-corrected chi connectivity index (χ2v) is 2.99. The summed E-state index contributed by atoms with van der Waals surface area (Å²) in [5.41, 5.74) is 0. The quantitative estimate of drug-likeness (QED) is 0.468. The van der Waals surface area contributed by atoms with Gasteiger partial charge in [0.15, 0.2) is 11.9 Å². The van der Waals surface area contributed by atoms with E-state index >= 15 is 0 Å². The summed E-state index contributed by atoms with van der Waals surface area (Å²) >= 11 is 0. The standard InChI is InChI=1S/C10H14O6/c1-2-3-7(11)8(12)6-16-10(15)5-4-9(13)14/h2-3,8,12H,4-6H2,1H3,(H,13,14). The fourth-order valence-electron chi connectivity index (χ4n) is 0.811. The first-order chi connectivity index (χ1) is 7.47. The van der Waals surface area contributed by atoms with Gasteiger partial charge in [-0.1, -0.05) is 6.08 Å². The Morgan fingerprint density at radius 1 is 1.31 bits per heavy atom. The third kappa shape index (κ3) is 6.72. The van der Waals surface area contributed by atoms with Crippen molar-refractivity contribution in [3.05, 3.63) is 12.2 Å². The van der Waals surface area contributed by atoms with Crippen LogP contribution in [0.25, 0.3) is 0 Å². The van der Waals surface area contributed by atoms with Gasteiger partial charge in [-0.05, 0) is 13.0 Å². The van der Waals surface area contributed by atoms with E-state index in [9.17, 15) is 19.5 Å². The average Bonchev–Trinajstić information content (AvgIpc) is 2.23. The summed E-state index contributed by atoms with van der Waals surface area (Å²) in [7, 11) is 0. The van der Waals surface area contributed by atoms with Crippen molar-refractivity contribution in [1.29, 1.82) is 0 Å². The number of carbonyl (C=O) groups is 3. The molecule has 90 valence electrons. The molecule has 1 unspecified atom stereocenters. The number of aliphatic carboxylic acids is 1. The first-order valence-corrected chi connectivity index (χ1v) is 4.69. The third-order valence-electron chi connectivity index (χ3n) is 1.60. The minimum Gasteiger partial charge on any atom is -0.481 e. The van der Waals surface area contributed by atoms with Crippen LogP contribution in [0.15, 0.2) is 12.2 Å². The van der Waals surface area contributed by atoms with Gasteiger partial charge >= 0.3 is 11.9 Å². The maximum absolute atomic E-state index is 11.0. The Labute approximate surface area is 92.5 Å². The highest BCUT2D eigenvalue weighted by atomic mass is 16.5. The van der Waals surface area contributed by atoms with E-state index in [4.69, 9.17) is 5.11 Å². The number of hydrogen-bond acceptors (Lipinski definition) is 5. The Kier molecular flexibility index (Phi) is 6.78. The van der Waals surface area contributed by atoms with Gasteiger partial charge in [-0.15, -0.1) is 0 Å². The highest BCUT2D eigenvalue weighted by Gasteiger charge is 2.15. The Morgan fingerprint density at radius 3 is 2.44 bits per heavy atom. The van der Waals surface area contributed by atoms with Crippen LogP contribution in [0, 0.1) is 0 Å². The van der Waals surface area contributed by atoms with Crippen LogP contribution in [0.2, 0.25) is 0 Å². The smallest absolute Gasteiger partial charge is 0.306 e. The first-order valence-electron chi connectivity index (χ1n) is 4.69. The van der Waals surface area contributed by atoms with Gasteiger partial charge in [-0.3, -0.25) is 14.4 Å². The molecule has 0 aliphatic heterocycles. The topological polar surface area (TPSA) is 101 Å². The van der Waals surface area contributed by atoms with Crippen LogP contribution in [0.4, 0.5) is 0 Å². The number of carboxylic acids is 1. The Bertz CT molecular complexity index is 294. The number of aliphatic hydroxyl groups excluding tert-OH is 1. The monoisotopic (exact) mass is 230 g/mol. The van der Waals surface area contributed by atoms with Crippen LogP contribution < -0.4 is 0 Å². The fourth-order valence-corrected chi connectivity index (χ4v) is 0.811. The van der Waals surface area contributed by atoms with Gasteiger partial charge in [0.25, 0.3) is 0 Å². The first kappa shape index (κ1) is 14.3. The molecule has 0 rings (SSSR count). The van der Waals surface area contributed by atoms with Crippen LogP contribution >= 0.6 is 0 Å². The lowest BCUT2D eigenvalue weighted by Gasteiger charge is -2.07. The molecule has 0 heterocycles. The molecule has 6 nitrogen and oxygen atoms in total. The molecule has 0 aliphatic carbocycles. The molecule has 1 atom stereocenters. The Hall–Kier alpha value is -1.69. The van der Waals surface area contributed by atoms with E-state index in [0.29, 0.717) is 0 Å². The van der Waals surface area contributed by atoms with Crippen molar-refractivity contribution in [2.24, 2.45) is 0 Å². The second-order valence-electron chi connectivity index (χ2n) is 2.99. The number of allylic oxidation sites excluding steroid dienone is 1. The molecule has 0 bridgehead atoms. The normalized spacial score (nSPS) is 12.4. The summed E-state index contributed by atoms with van der Waals surface area (Å²) in [5.74, 6) is -2.43. The van der Waals surface area contributed by atoms with E-state index in [1.165, 1.54) is 6.08 Å². The minimum absolute atomic E-state index is 0.278. The maximum Gasteiger partial charge on any atom is 0.306 e. The number of esters is 1. The summed E-state index contributed by atoms with van der Waals surface area (Å²) < 4.78 is 4.51. The van der Waals surface area contributed by atoms with Gasteiger partial charge in [0.2, 0.25) is 0 Å². The summed E-state index contributed by atoms with van der Waals surface area (Å²) in [6.07, 6.45) is 0.607. The number of aliphatic hydroxyl groups is 1. The molecular weight excluding hydrogens is 216 g/mol. The number of ketones is 1. The molecule has 0 aromatic rings. The molecule has 0 aliphatic rings. The van der Waals surface area contributed by atoms with Crippen molar-refractivity contribution in [3.63, 3.8) is 0 Å². The van der Waals surface area contributed by atoms with E-state index in [-0.39, 0.29) is 12.8 Å². The lowest BCUT2D eigenvalue weighted by Crippen LogP contribution is -2.26. The van der Waals surface area contributed by atoms with Crippen molar-refractivity contribution < 1.29 is 29.3 Å². The molecule has 0 aromatic heterocycles. The summed E-state index contributed by atoms with van der Waals surface area (Å²) in [6.45, 7) is 1.16. The van der Waals surface area contributed by atoms with Crippen LogP contribution in [0.5, 0.6) is 0 Å². The molecule has 2 N–H and O–H groups in total. The number of carbonyl (C=O) groups excluding carboxylic acids is 2. The van der Waals surface area contributed by atoms with E-state index in [1.54, 1.807) is 6.92 Å². The number of hydrogen-bond donors (Lipinski definition) is 2. The molecule has 0 fully saturated rings. The molecular formula is C10H14O6. The Balaban J connectivity index is 3.83. The molecule has 0 saturated carbocycles. The van der Waals surface area contributed by atoms with E-state index < -0.39 is 30.4 Å². The summed E-state index contributed by atoms with van der Waals surface area (Å²) in [4.78, 5) is 32.0.